The Bertz CT molecular complexity index is 1640. The molecule has 1 aromatic carbocycles. The number of urea groups is 1. The van der Waals surface area contributed by atoms with Gasteiger partial charge in [0.15, 0.2) is 0 Å². The van der Waals surface area contributed by atoms with E-state index in [9.17, 15) is 19.2 Å². The van der Waals surface area contributed by atoms with Gasteiger partial charge in [0.1, 0.15) is 10.7 Å². The summed E-state index contributed by atoms with van der Waals surface area (Å²) in [7, 11) is 0. The second-order valence-corrected chi connectivity index (χ2v) is 11.5. The number of hydrazine groups is 1. The molecular formula is C28H26N6O4S. The van der Waals surface area contributed by atoms with E-state index in [4.69, 9.17) is 9.97 Å². The van der Waals surface area contributed by atoms with Crippen molar-refractivity contribution in [2.45, 2.75) is 45.6 Å². The molecule has 1 saturated heterocycles. The zero-order valence-corrected chi connectivity index (χ0v) is 22.3. The monoisotopic (exact) mass is 542 g/mol. The Morgan fingerprint density at radius 2 is 1.82 bits per heavy atom. The molecule has 10 nitrogen and oxygen atoms in total. The second-order valence-electron chi connectivity index (χ2n) is 10.4. The average Bonchev–Trinajstić information content (AvgIpc) is 3.57. The van der Waals surface area contributed by atoms with Crippen LogP contribution in [0.2, 0.25) is 0 Å². The molecule has 3 aromatic rings. The maximum Gasteiger partial charge on any atom is 0.343 e. The van der Waals surface area contributed by atoms with Crippen molar-refractivity contribution >= 4 is 50.9 Å². The Kier molecular flexibility index (Phi) is 5.60. The fourth-order valence-corrected chi connectivity index (χ4v) is 7.31. The Morgan fingerprint density at radius 3 is 2.62 bits per heavy atom. The predicted octanol–water partition coefficient (Wildman–Crippen LogP) is 3.23. The number of amides is 5. The van der Waals surface area contributed by atoms with Crippen molar-refractivity contribution in [2.24, 2.45) is 0 Å². The van der Waals surface area contributed by atoms with Gasteiger partial charge in [-0.3, -0.25) is 24.6 Å². The first-order chi connectivity index (χ1) is 18.9. The Morgan fingerprint density at radius 1 is 0.974 bits per heavy atom. The Hall–Kier alpha value is -3.96. The van der Waals surface area contributed by atoms with Gasteiger partial charge in [-0.15, -0.1) is 11.3 Å². The fourth-order valence-electron chi connectivity index (χ4n) is 6.00. The van der Waals surface area contributed by atoms with Crippen molar-refractivity contribution in [1.82, 2.24) is 30.2 Å². The molecule has 11 heteroatoms. The number of rotatable bonds is 4. The molecule has 1 aliphatic carbocycles. The molecule has 1 N–H and O–H groups in total. The van der Waals surface area contributed by atoms with Gasteiger partial charge in [0, 0.05) is 36.3 Å². The summed E-state index contributed by atoms with van der Waals surface area (Å²) in [5.41, 5.74) is 5.25. The van der Waals surface area contributed by atoms with Crippen molar-refractivity contribution in [1.29, 1.82) is 0 Å². The number of imide groups is 2. The molecule has 0 bridgehead atoms. The van der Waals surface area contributed by atoms with E-state index in [-0.39, 0.29) is 24.1 Å². The third-order valence-corrected chi connectivity index (χ3v) is 9.07. The van der Waals surface area contributed by atoms with Crippen molar-refractivity contribution in [2.75, 3.05) is 19.6 Å². The summed E-state index contributed by atoms with van der Waals surface area (Å²) in [4.78, 5) is 64.3. The topological polar surface area (TPSA) is 116 Å². The third-order valence-electron chi connectivity index (χ3n) is 7.88. The molecule has 39 heavy (non-hydrogen) atoms. The molecule has 1 fully saturated rings. The summed E-state index contributed by atoms with van der Waals surface area (Å²) < 4.78 is 0. The Balaban J connectivity index is 1.09. The minimum Gasteiger partial charge on any atom is -0.295 e. The SMILES string of the molecule is Cc1nc(C2=CCN(Cc3ccc4c(c3)C(=O)N(N3CCC(=O)NC3=O)C4=O)CC2)c2c3c(sc2n1)CCC3. The molecule has 5 amide bonds. The van der Waals surface area contributed by atoms with E-state index >= 15 is 0 Å². The molecule has 7 rings (SSSR count). The first kappa shape index (κ1) is 24.1. The van der Waals surface area contributed by atoms with Crippen LogP contribution in [0.5, 0.6) is 0 Å². The fraction of sp³-hybridized carbons (Fsp3) is 0.357. The zero-order valence-electron chi connectivity index (χ0n) is 21.5. The normalized spacial score (nSPS) is 19.6. The summed E-state index contributed by atoms with van der Waals surface area (Å²) in [6.07, 6.45) is 6.60. The lowest BCUT2D eigenvalue weighted by atomic mass is 9.99. The van der Waals surface area contributed by atoms with Gasteiger partial charge in [-0.2, -0.15) is 5.01 Å². The largest absolute Gasteiger partial charge is 0.343 e. The standard InChI is InChI=1S/C28H26N6O4S/c1-15-29-24(23-19-3-2-4-21(19)39-25(23)30-15)17-7-10-32(11-8-17)14-16-5-6-18-20(13-16)27(37)34(26(18)36)33-12-9-22(35)31-28(33)38/h5-7,13H,2-4,8-12,14H2,1H3,(H,31,35,38). The number of hydrogen-bond acceptors (Lipinski definition) is 8. The smallest absolute Gasteiger partial charge is 0.295 e. The van der Waals surface area contributed by atoms with Crippen LogP contribution in [0, 0.1) is 6.92 Å². The molecule has 5 heterocycles. The molecule has 0 unspecified atom stereocenters. The first-order valence-corrected chi connectivity index (χ1v) is 14.0. The number of fused-ring (bicyclic) bond motifs is 4. The van der Waals surface area contributed by atoms with Crippen molar-refractivity contribution in [3.8, 4) is 0 Å². The van der Waals surface area contributed by atoms with E-state index < -0.39 is 23.8 Å². The van der Waals surface area contributed by atoms with Gasteiger partial charge >= 0.3 is 6.03 Å². The number of nitrogens with zero attached hydrogens (tertiary/aromatic N) is 5. The van der Waals surface area contributed by atoms with Crippen LogP contribution in [0.25, 0.3) is 15.8 Å². The van der Waals surface area contributed by atoms with E-state index in [1.54, 1.807) is 12.1 Å². The lowest BCUT2D eigenvalue weighted by Crippen LogP contribution is -2.58. The zero-order chi connectivity index (χ0) is 26.8. The highest BCUT2D eigenvalue weighted by Crippen LogP contribution is 2.40. The first-order valence-electron chi connectivity index (χ1n) is 13.2. The lowest BCUT2D eigenvalue weighted by Gasteiger charge is -2.32. The number of hydrogen-bond donors (Lipinski definition) is 1. The molecule has 0 spiro atoms. The molecule has 0 radical (unpaired) electrons. The molecule has 0 atom stereocenters. The number of carbonyl (C=O) groups excluding carboxylic acids is 4. The van der Waals surface area contributed by atoms with Crippen molar-refractivity contribution in [3.05, 3.63) is 62.9 Å². The van der Waals surface area contributed by atoms with Crippen LogP contribution in [0.4, 0.5) is 4.79 Å². The van der Waals surface area contributed by atoms with Crippen LogP contribution in [-0.4, -0.2) is 68.3 Å². The van der Waals surface area contributed by atoms with Crippen molar-refractivity contribution < 1.29 is 19.2 Å². The molecule has 198 valence electrons. The van der Waals surface area contributed by atoms with Gasteiger partial charge in [0.2, 0.25) is 5.91 Å². The average molecular weight is 543 g/mol. The number of thiophene rings is 1. The molecular weight excluding hydrogens is 516 g/mol. The summed E-state index contributed by atoms with van der Waals surface area (Å²) in [5, 5.41) is 5.26. The van der Waals surface area contributed by atoms with Gasteiger partial charge in [0.25, 0.3) is 11.8 Å². The highest BCUT2D eigenvalue weighted by atomic mass is 32.1. The van der Waals surface area contributed by atoms with E-state index in [1.165, 1.54) is 27.8 Å². The van der Waals surface area contributed by atoms with Crippen LogP contribution in [0.3, 0.4) is 0 Å². The lowest BCUT2D eigenvalue weighted by molar-refractivity contribution is -0.122. The highest BCUT2D eigenvalue weighted by Gasteiger charge is 2.43. The number of aryl methyl sites for hydroxylation is 3. The van der Waals surface area contributed by atoms with E-state index in [1.807, 2.05) is 24.3 Å². The van der Waals surface area contributed by atoms with Crippen LogP contribution in [0.15, 0.2) is 24.3 Å². The van der Waals surface area contributed by atoms with Gasteiger partial charge in [-0.25, -0.2) is 19.8 Å². The Labute approximate surface area is 228 Å². The summed E-state index contributed by atoms with van der Waals surface area (Å²) in [6, 6.07) is 4.49. The predicted molar refractivity (Wildman–Crippen MR) is 144 cm³/mol. The highest BCUT2D eigenvalue weighted by molar-refractivity contribution is 7.18. The number of nitrogens with one attached hydrogen (secondary N) is 1. The van der Waals surface area contributed by atoms with Crippen LogP contribution in [0.1, 0.15) is 67.5 Å². The van der Waals surface area contributed by atoms with E-state index in [2.05, 4.69) is 16.3 Å². The van der Waals surface area contributed by atoms with Gasteiger partial charge in [0.05, 0.1) is 23.4 Å². The minimum absolute atomic E-state index is 0.0161. The molecule has 2 aromatic heterocycles. The third kappa shape index (κ3) is 3.95. The second kappa shape index (κ2) is 9.06. The maximum absolute atomic E-state index is 13.1. The van der Waals surface area contributed by atoms with Crippen LogP contribution < -0.4 is 5.32 Å². The number of carbonyl (C=O) groups is 4. The quantitative estimate of drug-likeness (QED) is 0.503. The van der Waals surface area contributed by atoms with Gasteiger partial charge < -0.3 is 0 Å². The summed E-state index contributed by atoms with van der Waals surface area (Å²) in [5.74, 6) is -0.718. The van der Waals surface area contributed by atoms with Crippen LogP contribution in [-0.2, 0) is 24.2 Å². The van der Waals surface area contributed by atoms with Gasteiger partial charge in [-0.1, -0.05) is 12.1 Å². The number of benzene rings is 1. The maximum atomic E-state index is 13.1. The summed E-state index contributed by atoms with van der Waals surface area (Å²) >= 11 is 1.82. The molecule has 4 aliphatic rings. The molecule has 3 aliphatic heterocycles. The van der Waals surface area contributed by atoms with E-state index in [0.29, 0.717) is 6.54 Å². The number of aromatic nitrogens is 2. The summed E-state index contributed by atoms with van der Waals surface area (Å²) in [6.45, 7) is 4.17. The van der Waals surface area contributed by atoms with Crippen LogP contribution >= 0.6 is 11.3 Å². The molecule has 0 saturated carbocycles. The van der Waals surface area contributed by atoms with Gasteiger partial charge in [-0.05, 0) is 61.4 Å². The van der Waals surface area contributed by atoms with Crippen molar-refractivity contribution in [3.63, 3.8) is 0 Å². The minimum atomic E-state index is -0.763. The van der Waals surface area contributed by atoms with E-state index in [0.717, 1.165) is 64.3 Å².